The number of nitrogens with zero attached hydrogens (tertiary/aromatic N) is 1. The van der Waals surface area contributed by atoms with Gasteiger partial charge in [0.15, 0.2) is 6.61 Å². The lowest BCUT2D eigenvalue weighted by Crippen LogP contribution is -2.46. The van der Waals surface area contributed by atoms with E-state index in [1.54, 1.807) is 36.1 Å². The first-order valence-corrected chi connectivity index (χ1v) is 7.61. The number of ether oxygens (including phenoxy) is 1. The highest BCUT2D eigenvalue weighted by atomic mass is 35.5. The maximum Gasteiger partial charge on any atom is 0.260 e. The van der Waals surface area contributed by atoms with Gasteiger partial charge in [-0.25, -0.2) is 0 Å². The molecule has 0 aromatic heterocycles. The number of rotatable bonds is 5. The Balaban J connectivity index is 1.91. The Kier molecular flexibility index (Phi) is 5.62. The fraction of sp³-hybridized carbons (Fsp3) is 0.500. The van der Waals surface area contributed by atoms with Gasteiger partial charge in [-0.2, -0.15) is 0 Å². The number of piperidine rings is 1. The molecule has 1 amide bonds. The van der Waals surface area contributed by atoms with Crippen molar-refractivity contribution in [1.29, 1.82) is 0 Å². The molecule has 0 aliphatic carbocycles. The van der Waals surface area contributed by atoms with Crippen molar-refractivity contribution >= 4 is 23.3 Å². The molecule has 0 saturated carbocycles. The van der Waals surface area contributed by atoms with Crippen LogP contribution in [0.3, 0.4) is 0 Å². The fourth-order valence-electron chi connectivity index (χ4n) is 2.63. The molecule has 0 spiro atoms. The largest absolute Gasteiger partial charge is 0.484 e. The quantitative estimate of drug-likeness (QED) is 0.839. The number of ketones is 1. The van der Waals surface area contributed by atoms with E-state index in [4.69, 9.17) is 16.3 Å². The Morgan fingerprint density at radius 3 is 2.67 bits per heavy atom. The van der Waals surface area contributed by atoms with Crippen LogP contribution in [-0.4, -0.2) is 35.8 Å². The van der Waals surface area contributed by atoms with Crippen LogP contribution in [0.2, 0.25) is 5.02 Å². The fourth-order valence-corrected chi connectivity index (χ4v) is 2.76. The van der Waals surface area contributed by atoms with Crippen LogP contribution in [0.4, 0.5) is 0 Å². The van der Waals surface area contributed by atoms with E-state index in [1.165, 1.54) is 0 Å². The number of likely N-dealkylation sites (tertiary alicyclic amines) is 1. The minimum atomic E-state index is -0.0594. The summed E-state index contributed by atoms with van der Waals surface area (Å²) in [5.74, 6) is 0.682. The molecule has 4 nitrogen and oxygen atoms in total. The maximum atomic E-state index is 12.3. The van der Waals surface area contributed by atoms with Crippen molar-refractivity contribution in [2.75, 3.05) is 13.2 Å². The van der Waals surface area contributed by atoms with Crippen molar-refractivity contribution < 1.29 is 14.3 Å². The SMILES string of the molecule is CC(=O)CC1CCCCN1C(=O)COc1ccc(Cl)cc1. The summed E-state index contributed by atoms with van der Waals surface area (Å²) >= 11 is 5.80. The predicted octanol–water partition coefficient (Wildman–Crippen LogP) is 3.08. The third-order valence-electron chi connectivity index (χ3n) is 3.65. The summed E-state index contributed by atoms with van der Waals surface area (Å²) < 4.78 is 5.49. The van der Waals surface area contributed by atoms with Crippen molar-refractivity contribution in [1.82, 2.24) is 4.90 Å². The first kappa shape index (κ1) is 15.8. The predicted molar refractivity (Wildman–Crippen MR) is 81.6 cm³/mol. The normalized spacial score (nSPS) is 18.4. The number of halogens is 1. The third-order valence-corrected chi connectivity index (χ3v) is 3.90. The molecule has 1 atom stereocenters. The monoisotopic (exact) mass is 309 g/mol. The summed E-state index contributed by atoms with van der Waals surface area (Å²) in [6.45, 7) is 2.28. The molecule has 1 fully saturated rings. The maximum absolute atomic E-state index is 12.3. The third kappa shape index (κ3) is 4.74. The highest BCUT2D eigenvalue weighted by Crippen LogP contribution is 2.21. The van der Waals surface area contributed by atoms with Gasteiger partial charge in [-0.15, -0.1) is 0 Å². The van der Waals surface area contributed by atoms with E-state index in [0.717, 1.165) is 19.3 Å². The van der Waals surface area contributed by atoms with E-state index < -0.39 is 0 Å². The van der Waals surface area contributed by atoms with Crippen LogP contribution in [0, 0.1) is 0 Å². The highest BCUT2D eigenvalue weighted by molar-refractivity contribution is 6.30. The summed E-state index contributed by atoms with van der Waals surface area (Å²) in [6, 6.07) is 6.94. The molecule has 21 heavy (non-hydrogen) atoms. The number of hydrogen-bond donors (Lipinski definition) is 0. The lowest BCUT2D eigenvalue weighted by molar-refractivity contribution is -0.137. The lowest BCUT2D eigenvalue weighted by Gasteiger charge is -2.35. The molecule has 2 rings (SSSR count). The van der Waals surface area contributed by atoms with Gasteiger partial charge in [-0.1, -0.05) is 11.6 Å². The molecule has 114 valence electrons. The van der Waals surface area contributed by atoms with Gasteiger partial charge in [-0.05, 0) is 50.5 Å². The molecule has 5 heteroatoms. The molecule has 0 bridgehead atoms. The van der Waals surface area contributed by atoms with E-state index in [1.807, 2.05) is 0 Å². The molecule has 1 unspecified atom stereocenters. The average Bonchev–Trinajstić information content (AvgIpc) is 2.46. The van der Waals surface area contributed by atoms with Crippen LogP contribution >= 0.6 is 11.6 Å². The number of carbonyl (C=O) groups is 2. The molecular weight excluding hydrogens is 290 g/mol. The van der Waals surface area contributed by atoms with Crippen LogP contribution < -0.4 is 4.74 Å². The van der Waals surface area contributed by atoms with Gasteiger partial charge < -0.3 is 9.64 Å². The molecule has 1 aliphatic heterocycles. The van der Waals surface area contributed by atoms with Crippen LogP contribution in [0.1, 0.15) is 32.6 Å². The average molecular weight is 310 g/mol. The number of hydrogen-bond acceptors (Lipinski definition) is 3. The first-order valence-electron chi connectivity index (χ1n) is 7.23. The van der Waals surface area contributed by atoms with E-state index >= 15 is 0 Å². The number of Topliss-reactive ketones (excluding diaryl/α,β-unsaturated/α-hetero) is 1. The van der Waals surface area contributed by atoms with Crippen molar-refractivity contribution in [3.05, 3.63) is 29.3 Å². The van der Waals surface area contributed by atoms with Gasteiger partial charge in [0.1, 0.15) is 11.5 Å². The van der Waals surface area contributed by atoms with E-state index in [2.05, 4.69) is 0 Å². The second kappa shape index (κ2) is 7.46. The van der Waals surface area contributed by atoms with Crippen molar-refractivity contribution in [2.24, 2.45) is 0 Å². The summed E-state index contributed by atoms with van der Waals surface area (Å²) in [5, 5.41) is 0.631. The molecule has 1 heterocycles. The first-order chi connectivity index (χ1) is 10.1. The Morgan fingerprint density at radius 2 is 2.00 bits per heavy atom. The van der Waals surface area contributed by atoms with Crippen molar-refractivity contribution in [2.45, 2.75) is 38.6 Å². The van der Waals surface area contributed by atoms with Crippen LogP contribution in [0.5, 0.6) is 5.75 Å². The van der Waals surface area contributed by atoms with Gasteiger partial charge in [0.2, 0.25) is 0 Å². The van der Waals surface area contributed by atoms with E-state index in [0.29, 0.717) is 23.7 Å². The van der Waals surface area contributed by atoms with Gasteiger partial charge in [0.05, 0.1) is 0 Å². The van der Waals surface area contributed by atoms with Crippen molar-refractivity contribution in [3.63, 3.8) is 0 Å². The standard InChI is InChI=1S/C16H20ClNO3/c1-12(19)10-14-4-2-3-9-18(14)16(20)11-21-15-7-5-13(17)6-8-15/h5-8,14H,2-4,9-11H2,1H3. The molecule has 1 saturated heterocycles. The minimum absolute atomic E-state index is 0.00393. The second-order valence-corrected chi connectivity index (χ2v) is 5.82. The van der Waals surface area contributed by atoms with E-state index in [-0.39, 0.29) is 24.3 Å². The Hall–Kier alpha value is -1.55. The zero-order valence-electron chi connectivity index (χ0n) is 12.2. The van der Waals surface area contributed by atoms with Crippen LogP contribution in [0.15, 0.2) is 24.3 Å². The smallest absolute Gasteiger partial charge is 0.260 e. The molecule has 0 radical (unpaired) electrons. The van der Waals surface area contributed by atoms with Gasteiger partial charge >= 0.3 is 0 Å². The van der Waals surface area contributed by atoms with Gasteiger partial charge in [-0.3, -0.25) is 9.59 Å². The Morgan fingerprint density at radius 1 is 1.29 bits per heavy atom. The zero-order valence-corrected chi connectivity index (χ0v) is 12.9. The summed E-state index contributed by atoms with van der Waals surface area (Å²) in [6.07, 6.45) is 3.39. The number of carbonyl (C=O) groups excluding carboxylic acids is 2. The summed E-state index contributed by atoms with van der Waals surface area (Å²) in [7, 11) is 0. The van der Waals surface area contributed by atoms with Crippen molar-refractivity contribution in [3.8, 4) is 5.75 Å². The molecule has 1 aromatic rings. The number of benzene rings is 1. The zero-order chi connectivity index (χ0) is 15.2. The summed E-state index contributed by atoms with van der Waals surface area (Å²) in [4.78, 5) is 25.4. The molecular formula is C16H20ClNO3. The number of amides is 1. The van der Waals surface area contributed by atoms with Gasteiger partial charge in [0.25, 0.3) is 5.91 Å². The molecule has 0 N–H and O–H groups in total. The Bertz CT molecular complexity index is 501. The molecule has 1 aromatic carbocycles. The van der Waals surface area contributed by atoms with Gasteiger partial charge in [0, 0.05) is 24.0 Å². The topological polar surface area (TPSA) is 46.6 Å². The highest BCUT2D eigenvalue weighted by Gasteiger charge is 2.27. The lowest BCUT2D eigenvalue weighted by atomic mass is 9.98. The Labute approximate surface area is 130 Å². The second-order valence-electron chi connectivity index (χ2n) is 5.39. The van der Waals surface area contributed by atoms with Crippen LogP contribution in [0.25, 0.3) is 0 Å². The van der Waals surface area contributed by atoms with E-state index in [9.17, 15) is 9.59 Å². The minimum Gasteiger partial charge on any atom is -0.484 e. The summed E-state index contributed by atoms with van der Waals surface area (Å²) in [5.41, 5.74) is 0. The molecule has 1 aliphatic rings. The van der Waals surface area contributed by atoms with Crippen LogP contribution in [-0.2, 0) is 9.59 Å².